The van der Waals surface area contributed by atoms with Crippen LogP contribution >= 0.6 is 0 Å². The second-order valence-corrected chi connectivity index (χ2v) is 11.6. The summed E-state index contributed by atoms with van der Waals surface area (Å²) in [5.74, 6) is 1.62. The Morgan fingerprint density at radius 2 is 1.26 bits per heavy atom. The number of methoxy groups -OCH3 is 1. The number of pyridine rings is 1. The lowest BCUT2D eigenvalue weighted by Gasteiger charge is -2.17. The van der Waals surface area contributed by atoms with Crippen molar-refractivity contribution >= 4 is 5.65 Å². The van der Waals surface area contributed by atoms with E-state index in [0.29, 0.717) is 26.2 Å². The van der Waals surface area contributed by atoms with Gasteiger partial charge in [0.05, 0.1) is 20.3 Å². The highest BCUT2D eigenvalue weighted by Crippen LogP contribution is 2.38. The summed E-state index contributed by atoms with van der Waals surface area (Å²) in [5.41, 5.74) is 13.3. The van der Waals surface area contributed by atoms with E-state index >= 15 is 0 Å². The van der Waals surface area contributed by atoms with Crippen LogP contribution in [0.2, 0.25) is 0 Å². The van der Waals surface area contributed by atoms with Gasteiger partial charge in [-0.2, -0.15) is 0 Å². The largest absolute Gasteiger partial charge is 0.496 e. The Morgan fingerprint density at radius 1 is 0.660 bits per heavy atom. The van der Waals surface area contributed by atoms with Crippen LogP contribution in [-0.4, -0.2) is 58.2 Å². The van der Waals surface area contributed by atoms with Crippen LogP contribution in [0.1, 0.15) is 22.3 Å². The highest BCUT2D eigenvalue weighted by molar-refractivity contribution is 5.84. The van der Waals surface area contributed by atoms with Crippen molar-refractivity contribution in [2.45, 2.75) is 26.9 Å². The molecule has 4 aromatic carbocycles. The predicted octanol–water partition coefficient (Wildman–Crippen LogP) is 6.19. The van der Waals surface area contributed by atoms with Crippen molar-refractivity contribution in [1.82, 2.24) is 25.2 Å². The standard InChI is InChI=1S/C39H41N5O3/c1-26-33(30-14-15-32(25-41-18-21-46)37(22-30)47-3)6-4-8-35(26)36-9-5-7-34(27(36)2)31-16-19-44-38(23-31)42-43-39(44)29-12-10-28(11-13-29)24-40-17-20-45/h4-16,19,22-23,40-41,45-46H,17-18,20-21,24-25H2,1-3H3. The highest BCUT2D eigenvalue weighted by atomic mass is 16.5. The van der Waals surface area contributed by atoms with Gasteiger partial charge in [0, 0.05) is 43.5 Å². The van der Waals surface area contributed by atoms with E-state index in [-0.39, 0.29) is 13.2 Å². The van der Waals surface area contributed by atoms with Crippen molar-refractivity contribution in [3.8, 4) is 50.5 Å². The lowest BCUT2D eigenvalue weighted by Crippen LogP contribution is -2.17. The fourth-order valence-corrected chi connectivity index (χ4v) is 6.18. The average Bonchev–Trinajstić information content (AvgIpc) is 3.53. The summed E-state index contributed by atoms with van der Waals surface area (Å²) < 4.78 is 7.76. The monoisotopic (exact) mass is 627 g/mol. The molecule has 2 aromatic heterocycles. The van der Waals surface area contributed by atoms with Crippen LogP contribution in [0.25, 0.3) is 50.4 Å². The van der Waals surface area contributed by atoms with E-state index in [1.165, 1.54) is 22.3 Å². The number of nitrogens with zero attached hydrogens (tertiary/aromatic N) is 3. The molecule has 4 N–H and O–H groups in total. The number of hydrogen-bond acceptors (Lipinski definition) is 7. The van der Waals surface area contributed by atoms with E-state index in [0.717, 1.165) is 56.2 Å². The molecule has 0 atom stereocenters. The van der Waals surface area contributed by atoms with Gasteiger partial charge in [-0.1, -0.05) is 72.8 Å². The van der Waals surface area contributed by atoms with Gasteiger partial charge < -0.3 is 25.6 Å². The molecule has 8 heteroatoms. The van der Waals surface area contributed by atoms with E-state index in [2.05, 4.69) is 126 Å². The van der Waals surface area contributed by atoms with Gasteiger partial charge >= 0.3 is 0 Å². The smallest absolute Gasteiger partial charge is 0.168 e. The predicted molar refractivity (Wildman–Crippen MR) is 188 cm³/mol. The molecule has 0 spiro atoms. The molecule has 0 aliphatic carbocycles. The fourth-order valence-electron chi connectivity index (χ4n) is 6.18. The molecular weight excluding hydrogens is 586 g/mol. The van der Waals surface area contributed by atoms with Crippen LogP contribution < -0.4 is 15.4 Å². The molecular formula is C39H41N5O3. The molecule has 2 heterocycles. The first kappa shape index (κ1) is 32.1. The Kier molecular flexibility index (Phi) is 10.0. The molecule has 0 unspecified atom stereocenters. The van der Waals surface area contributed by atoms with Gasteiger partial charge in [-0.25, -0.2) is 0 Å². The topological polar surface area (TPSA) is 104 Å². The molecule has 0 radical (unpaired) electrons. The maximum atomic E-state index is 9.12. The summed E-state index contributed by atoms with van der Waals surface area (Å²) in [6.07, 6.45) is 2.05. The zero-order valence-corrected chi connectivity index (χ0v) is 27.1. The first-order chi connectivity index (χ1) is 23.0. The van der Waals surface area contributed by atoms with Crippen molar-refractivity contribution in [3.05, 3.63) is 119 Å². The van der Waals surface area contributed by atoms with Crippen molar-refractivity contribution < 1.29 is 14.9 Å². The Labute approximate surface area is 275 Å². The highest BCUT2D eigenvalue weighted by Gasteiger charge is 2.16. The normalized spacial score (nSPS) is 11.3. The van der Waals surface area contributed by atoms with Crippen LogP contribution in [0.3, 0.4) is 0 Å². The Balaban J connectivity index is 1.29. The third-order valence-electron chi connectivity index (χ3n) is 8.71. The number of nitrogens with one attached hydrogen (secondary N) is 2. The molecule has 0 bridgehead atoms. The minimum Gasteiger partial charge on any atom is -0.496 e. The Morgan fingerprint density at radius 3 is 1.89 bits per heavy atom. The van der Waals surface area contributed by atoms with Crippen LogP contribution in [-0.2, 0) is 13.1 Å². The lowest BCUT2D eigenvalue weighted by molar-refractivity contribution is 0.291. The molecule has 0 aliphatic rings. The number of benzene rings is 4. The van der Waals surface area contributed by atoms with Crippen LogP contribution in [0.5, 0.6) is 5.75 Å². The molecule has 0 saturated carbocycles. The number of aliphatic hydroxyl groups is 2. The second-order valence-electron chi connectivity index (χ2n) is 11.6. The van der Waals surface area contributed by atoms with E-state index in [9.17, 15) is 0 Å². The van der Waals surface area contributed by atoms with Crippen molar-refractivity contribution in [2.24, 2.45) is 0 Å². The molecule has 47 heavy (non-hydrogen) atoms. The molecule has 0 amide bonds. The number of aromatic nitrogens is 3. The van der Waals surface area contributed by atoms with Crippen molar-refractivity contribution in [1.29, 1.82) is 0 Å². The summed E-state index contributed by atoms with van der Waals surface area (Å²) in [4.78, 5) is 0. The van der Waals surface area contributed by atoms with Crippen molar-refractivity contribution in [3.63, 3.8) is 0 Å². The third kappa shape index (κ3) is 6.82. The summed E-state index contributed by atoms with van der Waals surface area (Å²) in [6.45, 7) is 7.05. The summed E-state index contributed by atoms with van der Waals surface area (Å²) in [6, 6.07) is 31.8. The number of hydrogen-bond donors (Lipinski definition) is 4. The van der Waals surface area contributed by atoms with Crippen LogP contribution in [0, 0.1) is 13.8 Å². The lowest BCUT2D eigenvalue weighted by atomic mass is 9.88. The van der Waals surface area contributed by atoms with Crippen LogP contribution in [0.15, 0.2) is 97.2 Å². The van der Waals surface area contributed by atoms with Gasteiger partial charge in [0.25, 0.3) is 0 Å². The Bertz CT molecular complexity index is 1980. The summed E-state index contributed by atoms with van der Waals surface area (Å²) in [5, 5.41) is 33.6. The third-order valence-corrected chi connectivity index (χ3v) is 8.71. The SMILES string of the molecule is COc1cc(-c2cccc(-c3cccc(-c4ccn5c(-c6ccc(CNCCO)cc6)nnc5c4)c3C)c2C)ccc1CNCCO. The first-order valence-electron chi connectivity index (χ1n) is 16.0. The minimum atomic E-state index is 0.102. The minimum absolute atomic E-state index is 0.102. The average molecular weight is 628 g/mol. The van der Waals surface area contributed by atoms with Crippen molar-refractivity contribution in [2.75, 3.05) is 33.4 Å². The van der Waals surface area contributed by atoms with Gasteiger partial charge in [0.2, 0.25) is 0 Å². The molecule has 0 fully saturated rings. The molecule has 6 rings (SSSR count). The van der Waals surface area contributed by atoms with E-state index < -0.39 is 0 Å². The van der Waals surface area contributed by atoms with Gasteiger partial charge in [-0.15, -0.1) is 10.2 Å². The summed E-state index contributed by atoms with van der Waals surface area (Å²) >= 11 is 0. The zero-order valence-electron chi connectivity index (χ0n) is 27.1. The van der Waals surface area contributed by atoms with Gasteiger partial charge in [0.1, 0.15) is 5.75 Å². The number of aliphatic hydroxyl groups excluding tert-OH is 2. The van der Waals surface area contributed by atoms with Crippen LogP contribution in [0.4, 0.5) is 0 Å². The Hall–Kier alpha value is -4.86. The molecule has 8 nitrogen and oxygen atoms in total. The molecule has 0 saturated heterocycles. The fraction of sp³-hybridized carbons (Fsp3) is 0.231. The number of fused-ring (bicyclic) bond motifs is 1. The summed E-state index contributed by atoms with van der Waals surface area (Å²) in [7, 11) is 1.70. The van der Waals surface area contributed by atoms with Gasteiger partial charge in [-0.05, 0) is 82.1 Å². The second kappa shape index (κ2) is 14.7. The van der Waals surface area contributed by atoms with E-state index in [4.69, 9.17) is 14.9 Å². The number of ether oxygens (including phenoxy) is 1. The zero-order chi connectivity index (χ0) is 32.8. The molecule has 6 aromatic rings. The first-order valence-corrected chi connectivity index (χ1v) is 16.0. The quantitative estimate of drug-likeness (QED) is 0.113. The maximum Gasteiger partial charge on any atom is 0.168 e. The number of rotatable bonds is 13. The van der Waals surface area contributed by atoms with Gasteiger partial charge in [-0.3, -0.25) is 4.40 Å². The maximum absolute atomic E-state index is 9.12. The molecule has 240 valence electrons. The van der Waals surface area contributed by atoms with Gasteiger partial charge in [0.15, 0.2) is 11.5 Å². The van der Waals surface area contributed by atoms with E-state index in [1.807, 2.05) is 10.6 Å². The molecule has 0 aliphatic heterocycles. The van der Waals surface area contributed by atoms with E-state index in [1.54, 1.807) is 7.11 Å².